The summed E-state index contributed by atoms with van der Waals surface area (Å²) in [5.74, 6) is -0.894. The minimum Gasteiger partial charge on any atom is -0.296 e. The van der Waals surface area contributed by atoms with Crippen molar-refractivity contribution in [3.05, 3.63) is 35.4 Å². The van der Waals surface area contributed by atoms with Crippen LogP contribution < -0.4 is 5.32 Å². The maximum absolute atomic E-state index is 12.4. The van der Waals surface area contributed by atoms with Crippen LogP contribution in [-0.2, 0) is 21.2 Å². The van der Waals surface area contributed by atoms with Crippen LogP contribution in [0.4, 0.5) is 13.2 Å². The number of benzene rings is 1. The van der Waals surface area contributed by atoms with Crippen LogP contribution in [0.5, 0.6) is 0 Å². The third kappa shape index (κ3) is 1.98. The molecule has 1 fully saturated rings. The quantitative estimate of drug-likeness (QED) is 0.782. The number of carbonyl (C=O) groups excluding carboxylic acids is 2. The van der Waals surface area contributed by atoms with Gasteiger partial charge in [0.2, 0.25) is 11.8 Å². The molecule has 0 aromatic heterocycles. The first-order chi connectivity index (χ1) is 8.23. The van der Waals surface area contributed by atoms with E-state index >= 15 is 0 Å². The molecule has 6 heteroatoms. The van der Waals surface area contributed by atoms with E-state index in [-0.39, 0.29) is 6.42 Å². The Morgan fingerprint density at radius 2 is 1.72 bits per heavy atom. The van der Waals surface area contributed by atoms with Crippen molar-refractivity contribution in [1.29, 1.82) is 0 Å². The summed E-state index contributed by atoms with van der Waals surface area (Å²) < 4.78 is 37.2. The average Bonchev–Trinajstić information content (AvgIpc) is 2.53. The van der Waals surface area contributed by atoms with E-state index in [1.807, 2.05) is 0 Å². The second-order valence-electron chi connectivity index (χ2n) is 4.46. The summed E-state index contributed by atoms with van der Waals surface area (Å²) in [6.07, 6.45) is -4.45. The van der Waals surface area contributed by atoms with Crippen molar-refractivity contribution in [1.82, 2.24) is 5.32 Å². The van der Waals surface area contributed by atoms with Gasteiger partial charge in [0.1, 0.15) is 0 Å². The van der Waals surface area contributed by atoms with Crippen molar-refractivity contribution in [3.8, 4) is 0 Å². The van der Waals surface area contributed by atoms with E-state index in [9.17, 15) is 22.8 Å². The average molecular weight is 257 g/mol. The van der Waals surface area contributed by atoms with Gasteiger partial charge in [0.05, 0.1) is 11.0 Å². The number of hydrogen-bond acceptors (Lipinski definition) is 2. The number of halogens is 3. The third-order valence-electron chi connectivity index (χ3n) is 3.12. The molecule has 1 aromatic carbocycles. The van der Waals surface area contributed by atoms with Crippen molar-refractivity contribution in [2.75, 3.05) is 0 Å². The monoisotopic (exact) mass is 257 g/mol. The van der Waals surface area contributed by atoms with Gasteiger partial charge >= 0.3 is 6.18 Å². The summed E-state index contributed by atoms with van der Waals surface area (Å²) in [5.41, 5.74) is -1.46. The number of nitrogens with one attached hydrogen (secondary N) is 1. The SMILES string of the molecule is CC1(c2ccc(C(F)(F)F)cc2)CC(=O)NC1=O. The number of carbonyl (C=O) groups is 2. The summed E-state index contributed by atoms with van der Waals surface area (Å²) >= 11 is 0. The van der Waals surface area contributed by atoms with E-state index in [0.717, 1.165) is 12.1 Å². The summed E-state index contributed by atoms with van der Waals surface area (Å²) in [4.78, 5) is 22.8. The lowest BCUT2D eigenvalue weighted by Crippen LogP contribution is -2.32. The van der Waals surface area contributed by atoms with E-state index in [1.54, 1.807) is 0 Å². The van der Waals surface area contributed by atoms with Gasteiger partial charge in [0.15, 0.2) is 0 Å². The number of rotatable bonds is 1. The second kappa shape index (κ2) is 3.83. The molecule has 1 aromatic rings. The van der Waals surface area contributed by atoms with Gasteiger partial charge in [-0.2, -0.15) is 13.2 Å². The van der Waals surface area contributed by atoms with Crippen molar-refractivity contribution in [2.45, 2.75) is 24.9 Å². The molecule has 1 atom stereocenters. The highest BCUT2D eigenvalue weighted by molar-refractivity contribution is 6.08. The van der Waals surface area contributed by atoms with E-state index in [4.69, 9.17) is 0 Å². The smallest absolute Gasteiger partial charge is 0.296 e. The van der Waals surface area contributed by atoms with Crippen LogP contribution in [0.2, 0.25) is 0 Å². The number of hydrogen-bond donors (Lipinski definition) is 1. The van der Waals surface area contributed by atoms with Gasteiger partial charge in [-0.05, 0) is 24.6 Å². The van der Waals surface area contributed by atoms with E-state index in [2.05, 4.69) is 5.32 Å². The van der Waals surface area contributed by atoms with Crippen LogP contribution in [0.3, 0.4) is 0 Å². The molecule has 0 bridgehead atoms. The largest absolute Gasteiger partial charge is 0.416 e. The van der Waals surface area contributed by atoms with Crippen molar-refractivity contribution >= 4 is 11.8 Å². The van der Waals surface area contributed by atoms with Crippen LogP contribution in [0, 0.1) is 0 Å². The number of imide groups is 1. The third-order valence-corrected chi connectivity index (χ3v) is 3.12. The van der Waals surface area contributed by atoms with Gasteiger partial charge in [-0.15, -0.1) is 0 Å². The number of alkyl halides is 3. The lowest BCUT2D eigenvalue weighted by Gasteiger charge is -2.20. The lowest BCUT2D eigenvalue weighted by molar-refractivity contribution is -0.137. The first-order valence-electron chi connectivity index (χ1n) is 5.25. The van der Waals surface area contributed by atoms with Crippen molar-refractivity contribution in [2.24, 2.45) is 0 Å². The molecule has 1 heterocycles. The molecule has 2 rings (SSSR count). The van der Waals surface area contributed by atoms with Crippen LogP contribution >= 0.6 is 0 Å². The first-order valence-corrected chi connectivity index (χ1v) is 5.25. The highest BCUT2D eigenvalue weighted by atomic mass is 19.4. The molecule has 0 aliphatic carbocycles. The lowest BCUT2D eigenvalue weighted by atomic mass is 9.81. The van der Waals surface area contributed by atoms with E-state index in [1.165, 1.54) is 19.1 Å². The molecule has 0 spiro atoms. The zero-order valence-corrected chi connectivity index (χ0v) is 9.47. The molecule has 3 nitrogen and oxygen atoms in total. The first kappa shape index (κ1) is 12.6. The molecule has 2 amide bonds. The summed E-state index contributed by atoms with van der Waals surface area (Å²) in [7, 11) is 0. The zero-order valence-electron chi connectivity index (χ0n) is 9.47. The predicted molar refractivity (Wildman–Crippen MR) is 56.6 cm³/mol. The normalized spacial score (nSPS) is 24.2. The van der Waals surface area contributed by atoms with Crippen LogP contribution in [0.15, 0.2) is 24.3 Å². The fourth-order valence-electron chi connectivity index (χ4n) is 1.97. The molecule has 1 aliphatic rings. The maximum Gasteiger partial charge on any atom is 0.416 e. The highest BCUT2D eigenvalue weighted by Crippen LogP contribution is 2.34. The Labute approximate surface area is 101 Å². The van der Waals surface area contributed by atoms with Crippen LogP contribution in [0.1, 0.15) is 24.5 Å². The molecule has 1 saturated heterocycles. The topological polar surface area (TPSA) is 46.2 Å². The standard InChI is InChI=1S/C12H10F3NO2/c1-11(6-9(17)16-10(11)18)7-2-4-8(5-3-7)12(13,14)15/h2-5H,6H2,1H3,(H,16,17,18). The predicted octanol–water partition coefficient (Wildman–Crippen LogP) is 2.01. The van der Waals surface area contributed by atoms with Crippen LogP contribution in [0.25, 0.3) is 0 Å². The van der Waals surface area contributed by atoms with Gasteiger partial charge < -0.3 is 0 Å². The molecule has 1 N–H and O–H groups in total. The number of amides is 2. The Morgan fingerprint density at radius 1 is 1.17 bits per heavy atom. The summed E-state index contributed by atoms with van der Waals surface area (Å²) in [5, 5.41) is 2.15. The Hall–Kier alpha value is -1.85. The Bertz CT molecular complexity index is 507. The van der Waals surface area contributed by atoms with E-state index < -0.39 is 29.0 Å². The van der Waals surface area contributed by atoms with Gasteiger partial charge in [-0.1, -0.05) is 12.1 Å². The minimum absolute atomic E-state index is 0.0444. The molecular formula is C12H10F3NO2. The molecule has 18 heavy (non-hydrogen) atoms. The molecule has 0 saturated carbocycles. The van der Waals surface area contributed by atoms with Crippen molar-refractivity contribution in [3.63, 3.8) is 0 Å². The zero-order chi connectivity index (χ0) is 13.6. The summed E-state index contributed by atoms with van der Waals surface area (Å²) in [6.45, 7) is 1.54. The Kier molecular flexibility index (Phi) is 2.68. The van der Waals surface area contributed by atoms with Gasteiger partial charge in [-0.25, -0.2) is 0 Å². The molecule has 1 unspecified atom stereocenters. The van der Waals surface area contributed by atoms with Gasteiger partial charge in [0, 0.05) is 6.42 Å². The molecular weight excluding hydrogens is 247 g/mol. The van der Waals surface area contributed by atoms with Gasteiger partial charge in [0.25, 0.3) is 0 Å². The molecule has 1 aliphatic heterocycles. The second-order valence-corrected chi connectivity index (χ2v) is 4.46. The molecule has 96 valence electrons. The Morgan fingerprint density at radius 3 is 2.11 bits per heavy atom. The van der Waals surface area contributed by atoms with E-state index in [0.29, 0.717) is 5.56 Å². The fourth-order valence-corrected chi connectivity index (χ4v) is 1.97. The summed E-state index contributed by atoms with van der Waals surface area (Å²) in [6, 6.07) is 4.30. The van der Waals surface area contributed by atoms with Gasteiger partial charge in [-0.3, -0.25) is 14.9 Å². The maximum atomic E-state index is 12.4. The fraction of sp³-hybridized carbons (Fsp3) is 0.333. The molecule has 0 radical (unpaired) electrons. The van der Waals surface area contributed by atoms with Crippen molar-refractivity contribution < 1.29 is 22.8 Å². The minimum atomic E-state index is -4.41. The Balaban J connectivity index is 2.36. The highest BCUT2D eigenvalue weighted by Gasteiger charge is 2.44. The van der Waals surface area contributed by atoms with Crippen LogP contribution in [-0.4, -0.2) is 11.8 Å².